The Morgan fingerprint density at radius 1 is 0.758 bits per heavy atom. The van der Waals surface area contributed by atoms with Crippen LogP contribution in [0.5, 0.6) is 5.75 Å². The monoisotopic (exact) mass is 431 g/mol. The Labute approximate surface area is 194 Å². The van der Waals surface area contributed by atoms with Crippen molar-refractivity contribution < 1.29 is 5.11 Å². The Balaban J connectivity index is 1.85. The molecule has 0 aliphatic carbocycles. The Kier molecular flexibility index (Phi) is 6.61. The van der Waals surface area contributed by atoms with E-state index in [1.807, 2.05) is 80.6 Å². The van der Waals surface area contributed by atoms with Crippen LogP contribution in [0.3, 0.4) is 0 Å². The molecule has 0 atom stereocenters. The molecular formula is C29H25N3O. The van der Waals surface area contributed by atoms with Crippen LogP contribution in [0.25, 0.3) is 22.3 Å². The van der Waals surface area contributed by atoms with E-state index >= 15 is 0 Å². The molecule has 4 nitrogen and oxygen atoms in total. The minimum Gasteiger partial charge on any atom is -0.508 e. The van der Waals surface area contributed by atoms with Gasteiger partial charge in [-0.2, -0.15) is 5.26 Å². The smallest absolute Gasteiger partial charge is 0.121 e. The number of benzene rings is 4. The number of phenols is 1. The van der Waals surface area contributed by atoms with Gasteiger partial charge in [0.2, 0.25) is 0 Å². The summed E-state index contributed by atoms with van der Waals surface area (Å²) in [4.78, 5) is 0. The van der Waals surface area contributed by atoms with E-state index in [-0.39, 0.29) is 5.75 Å². The highest BCUT2D eigenvalue weighted by molar-refractivity contribution is 5.81. The first-order valence-corrected chi connectivity index (χ1v) is 11.1. The molecule has 33 heavy (non-hydrogen) atoms. The highest BCUT2D eigenvalue weighted by Crippen LogP contribution is 2.41. The van der Waals surface area contributed by atoms with Crippen molar-refractivity contribution in [3.63, 3.8) is 0 Å². The average Bonchev–Trinajstić information content (AvgIpc) is 2.87. The number of nitrogens with zero attached hydrogens (tertiary/aromatic N) is 3. The lowest BCUT2D eigenvalue weighted by Gasteiger charge is -2.13. The van der Waals surface area contributed by atoms with Crippen molar-refractivity contribution in [1.29, 1.82) is 5.26 Å². The van der Waals surface area contributed by atoms with E-state index in [2.05, 4.69) is 28.4 Å². The Hall–Kier alpha value is -4.23. The third-order valence-corrected chi connectivity index (χ3v) is 5.78. The van der Waals surface area contributed by atoms with Gasteiger partial charge in [-0.3, -0.25) is 0 Å². The maximum atomic E-state index is 10.5. The number of azo groups is 1. The van der Waals surface area contributed by atoms with Crippen molar-refractivity contribution in [2.45, 2.75) is 26.7 Å². The molecular weight excluding hydrogens is 406 g/mol. The van der Waals surface area contributed by atoms with Crippen LogP contribution in [-0.2, 0) is 12.8 Å². The number of aryl methyl sites for hydroxylation is 1. The van der Waals surface area contributed by atoms with Crippen molar-refractivity contribution in [3.8, 4) is 34.1 Å². The quantitative estimate of drug-likeness (QED) is 0.313. The molecule has 0 radical (unpaired) electrons. The second kappa shape index (κ2) is 9.93. The molecule has 0 spiro atoms. The van der Waals surface area contributed by atoms with Gasteiger partial charge in [0.1, 0.15) is 11.4 Å². The van der Waals surface area contributed by atoms with Crippen LogP contribution in [0.4, 0.5) is 11.4 Å². The summed E-state index contributed by atoms with van der Waals surface area (Å²) in [6, 6.07) is 29.6. The molecule has 0 amide bonds. The SMILES string of the molecule is CCc1cc(-c2ccc(O)c(CC)c2N=Nc2ccccc2-c2ccccc2)ccc1C#N. The van der Waals surface area contributed by atoms with Crippen molar-refractivity contribution in [1.82, 2.24) is 0 Å². The zero-order valence-corrected chi connectivity index (χ0v) is 18.8. The molecule has 0 aromatic heterocycles. The number of hydrogen-bond donors (Lipinski definition) is 1. The normalized spacial score (nSPS) is 10.9. The largest absolute Gasteiger partial charge is 0.508 e. The van der Waals surface area contributed by atoms with Crippen LogP contribution < -0.4 is 0 Å². The van der Waals surface area contributed by atoms with Crippen LogP contribution in [0.15, 0.2) is 95.2 Å². The van der Waals surface area contributed by atoms with Crippen LogP contribution in [-0.4, -0.2) is 5.11 Å². The first kappa shape index (κ1) is 22.0. The zero-order chi connectivity index (χ0) is 23.2. The molecule has 162 valence electrons. The van der Waals surface area contributed by atoms with Gasteiger partial charge in [0.25, 0.3) is 0 Å². The molecule has 0 bridgehead atoms. The third-order valence-electron chi connectivity index (χ3n) is 5.78. The molecule has 4 aromatic carbocycles. The van der Waals surface area contributed by atoms with Crippen molar-refractivity contribution in [2.24, 2.45) is 10.2 Å². The lowest BCUT2D eigenvalue weighted by Crippen LogP contribution is -1.91. The minimum atomic E-state index is 0.205. The van der Waals surface area contributed by atoms with Gasteiger partial charge < -0.3 is 5.11 Å². The molecule has 4 heteroatoms. The average molecular weight is 432 g/mol. The fourth-order valence-corrected chi connectivity index (χ4v) is 4.01. The van der Waals surface area contributed by atoms with Gasteiger partial charge in [-0.1, -0.05) is 68.4 Å². The van der Waals surface area contributed by atoms with Crippen molar-refractivity contribution in [2.75, 3.05) is 0 Å². The lowest BCUT2D eigenvalue weighted by molar-refractivity contribution is 0.469. The summed E-state index contributed by atoms with van der Waals surface area (Å²) in [5.41, 5.74) is 7.70. The predicted molar refractivity (Wildman–Crippen MR) is 133 cm³/mol. The van der Waals surface area contributed by atoms with Gasteiger partial charge >= 0.3 is 0 Å². The van der Waals surface area contributed by atoms with Crippen molar-refractivity contribution in [3.05, 3.63) is 102 Å². The summed E-state index contributed by atoms with van der Waals surface area (Å²) in [5.74, 6) is 0.205. The van der Waals surface area contributed by atoms with Crippen molar-refractivity contribution >= 4 is 11.4 Å². The number of nitriles is 1. The first-order valence-electron chi connectivity index (χ1n) is 11.1. The minimum absolute atomic E-state index is 0.205. The second-order valence-electron chi connectivity index (χ2n) is 7.73. The summed E-state index contributed by atoms with van der Waals surface area (Å²) in [7, 11) is 0. The highest BCUT2D eigenvalue weighted by atomic mass is 16.3. The molecule has 0 heterocycles. The fourth-order valence-electron chi connectivity index (χ4n) is 4.01. The van der Waals surface area contributed by atoms with Gasteiger partial charge in [-0.15, -0.1) is 10.2 Å². The van der Waals surface area contributed by atoms with Crippen LogP contribution in [0.1, 0.15) is 30.5 Å². The molecule has 0 aliphatic rings. The fraction of sp³-hybridized carbons (Fsp3) is 0.138. The molecule has 1 N–H and O–H groups in total. The molecule has 0 fully saturated rings. The van der Waals surface area contributed by atoms with Gasteiger partial charge in [0, 0.05) is 16.7 Å². The summed E-state index contributed by atoms with van der Waals surface area (Å²) in [5, 5.41) is 29.2. The Morgan fingerprint density at radius 3 is 2.24 bits per heavy atom. The standard InChI is InChI=1S/C29H25N3O/c1-3-20-18-22(14-15-23(20)19-30)26-16-17-28(33)24(4-2)29(26)32-31-27-13-9-8-12-25(27)21-10-6-5-7-11-21/h5-18,33H,3-4H2,1-2H3. The third kappa shape index (κ3) is 4.53. The van der Waals surface area contributed by atoms with E-state index < -0.39 is 0 Å². The lowest BCUT2D eigenvalue weighted by atomic mass is 9.94. The van der Waals surface area contributed by atoms with Gasteiger partial charge in [-0.05, 0) is 59.9 Å². The number of rotatable bonds is 6. The molecule has 0 saturated heterocycles. The number of phenolic OH excluding ortho intramolecular Hbond substituents is 1. The van der Waals surface area contributed by atoms with E-state index in [4.69, 9.17) is 0 Å². The molecule has 0 saturated carbocycles. The Bertz CT molecular complexity index is 1350. The van der Waals surface area contributed by atoms with Gasteiger partial charge in [0.05, 0.1) is 17.3 Å². The Morgan fingerprint density at radius 2 is 1.52 bits per heavy atom. The summed E-state index contributed by atoms with van der Waals surface area (Å²) in [6.07, 6.45) is 1.38. The zero-order valence-electron chi connectivity index (χ0n) is 18.8. The maximum absolute atomic E-state index is 10.5. The van der Waals surface area contributed by atoms with Crippen LogP contribution >= 0.6 is 0 Å². The first-order chi connectivity index (χ1) is 16.2. The van der Waals surface area contributed by atoms with Gasteiger partial charge in [0.15, 0.2) is 0 Å². The topological polar surface area (TPSA) is 68.7 Å². The summed E-state index contributed by atoms with van der Waals surface area (Å²) in [6.45, 7) is 4.03. The van der Waals surface area contributed by atoms with Gasteiger partial charge in [-0.25, -0.2) is 0 Å². The predicted octanol–water partition coefficient (Wildman–Crippen LogP) is 8.14. The van der Waals surface area contributed by atoms with E-state index in [1.54, 1.807) is 6.07 Å². The van der Waals surface area contributed by atoms with Crippen LogP contribution in [0, 0.1) is 11.3 Å². The molecule has 4 rings (SSSR count). The second-order valence-corrected chi connectivity index (χ2v) is 7.73. The number of aromatic hydroxyl groups is 1. The summed E-state index contributed by atoms with van der Waals surface area (Å²) < 4.78 is 0. The molecule has 0 unspecified atom stereocenters. The molecule has 0 aliphatic heterocycles. The van der Waals surface area contributed by atoms with E-state index in [0.29, 0.717) is 17.7 Å². The highest BCUT2D eigenvalue weighted by Gasteiger charge is 2.15. The number of hydrogen-bond acceptors (Lipinski definition) is 4. The van der Waals surface area contributed by atoms with E-state index in [9.17, 15) is 10.4 Å². The van der Waals surface area contributed by atoms with E-state index in [1.165, 1.54) is 0 Å². The van der Waals surface area contributed by atoms with Crippen LogP contribution in [0.2, 0.25) is 0 Å². The molecule has 4 aromatic rings. The van der Waals surface area contributed by atoms with E-state index in [0.717, 1.165) is 45.5 Å². The maximum Gasteiger partial charge on any atom is 0.121 e. The summed E-state index contributed by atoms with van der Waals surface area (Å²) >= 11 is 0.